The molecule has 19 heavy (non-hydrogen) atoms. The van der Waals surface area contributed by atoms with E-state index in [4.69, 9.17) is 23.2 Å². The molecule has 0 aliphatic heterocycles. The number of aromatic nitrogens is 2. The number of imidazole rings is 1. The van der Waals surface area contributed by atoms with E-state index in [9.17, 15) is 0 Å². The number of nitrogens with zero attached hydrogens (tertiary/aromatic N) is 2. The largest absolute Gasteiger partial charge is 0.324 e. The highest BCUT2D eigenvalue weighted by Gasteiger charge is 2.15. The summed E-state index contributed by atoms with van der Waals surface area (Å²) in [6.07, 6.45) is 2.32. The summed E-state index contributed by atoms with van der Waals surface area (Å²) in [6, 6.07) is 6.20. The van der Waals surface area contributed by atoms with E-state index in [1.807, 2.05) is 18.2 Å². The number of halogens is 2. The van der Waals surface area contributed by atoms with Crippen LogP contribution in [0.1, 0.15) is 45.5 Å². The predicted octanol–water partition coefficient (Wildman–Crippen LogP) is 5.43. The molecule has 0 spiro atoms. The third-order valence-electron chi connectivity index (χ3n) is 3.45. The molecule has 0 saturated carbocycles. The first-order chi connectivity index (χ1) is 9.02. The molecule has 2 nitrogen and oxygen atoms in total. The molecule has 0 amide bonds. The van der Waals surface area contributed by atoms with Gasteiger partial charge in [-0.05, 0) is 43.9 Å². The van der Waals surface area contributed by atoms with Crippen LogP contribution in [0.2, 0.25) is 5.02 Å². The van der Waals surface area contributed by atoms with Gasteiger partial charge in [-0.2, -0.15) is 0 Å². The molecule has 0 radical (unpaired) electrons. The van der Waals surface area contributed by atoms with Gasteiger partial charge in [0, 0.05) is 11.1 Å². The van der Waals surface area contributed by atoms with Crippen LogP contribution in [0, 0.1) is 5.92 Å². The Kier molecular flexibility index (Phi) is 4.75. The second kappa shape index (κ2) is 6.15. The molecule has 0 fully saturated rings. The quantitative estimate of drug-likeness (QED) is 0.673. The molecule has 0 aliphatic rings. The Bertz CT molecular complexity index is 561. The third-order valence-corrected chi connectivity index (χ3v) is 3.92. The average Bonchev–Trinajstić information content (AvgIpc) is 2.73. The lowest BCUT2D eigenvalue weighted by molar-refractivity contribution is 0.440. The monoisotopic (exact) mass is 298 g/mol. The second-order valence-electron chi connectivity index (χ2n) is 5.48. The van der Waals surface area contributed by atoms with Crippen molar-refractivity contribution < 1.29 is 0 Å². The molecule has 1 unspecified atom stereocenters. The molecule has 1 aromatic heterocycles. The van der Waals surface area contributed by atoms with Crippen molar-refractivity contribution in [1.82, 2.24) is 9.55 Å². The van der Waals surface area contributed by atoms with Crippen molar-refractivity contribution in [3.63, 3.8) is 0 Å². The molecular weight excluding hydrogens is 279 g/mol. The molecular formula is C15H20Cl2N2. The molecule has 1 aromatic carbocycles. The molecule has 0 N–H and O–H groups in total. The van der Waals surface area contributed by atoms with E-state index in [1.54, 1.807) is 0 Å². The maximum absolute atomic E-state index is 6.10. The third kappa shape index (κ3) is 3.24. The molecule has 0 saturated heterocycles. The number of hydrogen-bond donors (Lipinski definition) is 0. The van der Waals surface area contributed by atoms with Crippen molar-refractivity contribution in [1.29, 1.82) is 0 Å². The summed E-state index contributed by atoms with van der Waals surface area (Å²) in [7, 11) is 0. The number of benzene rings is 1. The molecule has 1 heterocycles. The molecule has 0 bridgehead atoms. The van der Waals surface area contributed by atoms with E-state index >= 15 is 0 Å². The minimum Gasteiger partial charge on any atom is -0.324 e. The summed E-state index contributed by atoms with van der Waals surface area (Å²) in [5.74, 6) is 2.06. The molecule has 1 atom stereocenters. The molecule has 2 aromatic rings. The number of hydrogen-bond acceptors (Lipinski definition) is 1. The molecule has 4 heteroatoms. The standard InChI is InChI=1S/C15H20Cl2N2/c1-10(2)4-5-11(3)19-14-8-12(17)6-7-13(14)18-15(19)9-16/h6-8,10-11H,4-5,9H2,1-3H3. The van der Waals surface area contributed by atoms with Gasteiger partial charge in [0.2, 0.25) is 0 Å². The Morgan fingerprint density at radius 1 is 1.21 bits per heavy atom. The van der Waals surface area contributed by atoms with Crippen molar-refractivity contribution in [3.05, 3.63) is 29.0 Å². The van der Waals surface area contributed by atoms with Crippen LogP contribution in [0.4, 0.5) is 0 Å². The minimum absolute atomic E-state index is 0.389. The maximum Gasteiger partial charge on any atom is 0.125 e. The van der Waals surface area contributed by atoms with Crippen molar-refractivity contribution in [3.8, 4) is 0 Å². The lowest BCUT2D eigenvalue weighted by Gasteiger charge is -2.18. The van der Waals surface area contributed by atoms with Crippen LogP contribution in [0.3, 0.4) is 0 Å². The van der Waals surface area contributed by atoms with Crippen molar-refractivity contribution >= 4 is 34.2 Å². The second-order valence-corrected chi connectivity index (χ2v) is 6.19. The van der Waals surface area contributed by atoms with Gasteiger partial charge >= 0.3 is 0 Å². The molecule has 104 valence electrons. The highest BCUT2D eigenvalue weighted by molar-refractivity contribution is 6.31. The summed E-state index contributed by atoms with van der Waals surface area (Å²) >= 11 is 12.1. The Hall–Kier alpha value is -0.730. The van der Waals surface area contributed by atoms with Gasteiger partial charge in [0.1, 0.15) is 5.82 Å². The smallest absolute Gasteiger partial charge is 0.125 e. The lowest BCUT2D eigenvalue weighted by Crippen LogP contribution is -2.09. The van der Waals surface area contributed by atoms with Gasteiger partial charge in [0.05, 0.1) is 16.9 Å². The van der Waals surface area contributed by atoms with Gasteiger partial charge in [0.15, 0.2) is 0 Å². The maximum atomic E-state index is 6.10. The van der Waals surface area contributed by atoms with E-state index in [0.29, 0.717) is 17.8 Å². The number of fused-ring (bicyclic) bond motifs is 1. The zero-order valence-corrected chi connectivity index (χ0v) is 13.2. The van der Waals surface area contributed by atoms with Gasteiger partial charge < -0.3 is 4.57 Å². The van der Waals surface area contributed by atoms with Gasteiger partial charge in [-0.15, -0.1) is 11.6 Å². The van der Waals surface area contributed by atoms with Crippen LogP contribution >= 0.6 is 23.2 Å². The number of alkyl halides is 1. The van der Waals surface area contributed by atoms with Crippen molar-refractivity contribution in [2.24, 2.45) is 5.92 Å². The Morgan fingerprint density at radius 3 is 2.58 bits per heavy atom. The summed E-state index contributed by atoms with van der Waals surface area (Å²) in [5, 5.41) is 0.742. The Morgan fingerprint density at radius 2 is 1.95 bits per heavy atom. The fraction of sp³-hybridized carbons (Fsp3) is 0.533. The molecule has 2 rings (SSSR count). The Balaban J connectivity index is 2.41. The fourth-order valence-corrected chi connectivity index (χ4v) is 2.76. The summed E-state index contributed by atoms with van der Waals surface area (Å²) in [5.41, 5.74) is 2.05. The normalized spacial score (nSPS) is 13.4. The zero-order chi connectivity index (χ0) is 14.0. The van der Waals surface area contributed by atoms with Gasteiger partial charge in [-0.1, -0.05) is 25.4 Å². The van der Waals surface area contributed by atoms with E-state index in [1.165, 1.54) is 6.42 Å². The van der Waals surface area contributed by atoms with E-state index in [-0.39, 0.29) is 0 Å². The first-order valence-electron chi connectivity index (χ1n) is 6.75. The highest BCUT2D eigenvalue weighted by atomic mass is 35.5. The topological polar surface area (TPSA) is 17.8 Å². The van der Waals surface area contributed by atoms with Crippen molar-refractivity contribution in [2.45, 2.75) is 45.5 Å². The highest BCUT2D eigenvalue weighted by Crippen LogP contribution is 2.28. The van der Waals surface area contributed by atoms with E-state index in [2.05, 4.69) is 30.3 Å². The van der Waals surface area contributed by atoms with E-state index in [0.717, 1.165) is 28.3 Å². The SMILES string of the molecule is CC(C)CCC(C)n1c(CCl)nc2ccc(Cl)cc21. The van der Waals surface area contributed by atoms with Gasteiger partial charge in [-0.3, -0.25) is 0 Å². The summed E-state index contributed by atoms with van der Waals surface area (Å²) in [4.78, 5) is 4.59. The van der Waals surface area contributed by atoms with Crippen LogP contribution in [0.25, 0.3) is 11.0 Å². The first kappa shape index (κ1) is 14.7. The molecule has 0 aliphatic carbocycles. The average molecular weight is 299 g/mol. The van der Waals surface area contributed by atoms with Gasteiger partial charge in [0.25, 0.3) is 0 Å². The van der Waals surface area contributed by atoms with Crippen LogP contribution in [0.15, 0.2) is 18.2 Å². The van der Waals surface area contributed by atoms with E-state index < -0.39 is 0 Å². The zero-order valence-electron chi connectivity index (χ0n) is 11.7. The summed E-state index contributed by atoms with van der Waals surface area (Å²) < 4.78 is 2.23. The Labute approximate surface area is 124 Å². The van der Waals surface area contributed by atoms with Crippen LogP contribution in [-0.4, -0.2) is 9.55 Å². The number of rotatable bonds is 5. The lowest BCUT2D eigenvalue weighted by atomic mass is 10.0. The fourth-order valence-electron chi connectivity index (χ4n) is 2.41. The van der Waals surface area contributed by atoms with Crippen molar-refractivity contribution in [2.75, 3.05) is 0 Å². The van der Waals surface area contributed by atoms with Crippen LogP contribution in [0.5, 0.6) is 0 Å². The predicted molar refractivity (Wildman–Crippen MR) is 83.1 cm³/mol. The van der Waals surface area contributed by atoms with Crippen LogP contribution < -0.4 is 0 Å². The summed E-state index contributed by atoms with van der Waals surface area (Å²) in [6.45, 7) is 6.72. The van der Waals surface area contributed by atoms with Crippen LogP contribution in [-0.2, 0) is 5.88 Å². The first-order valence-corrected chi connectivity index (χ1v) is 7.66. The van der Waals surface area contributed by atoms with Gasteiger partial charge in [-0.25, -0.2) is 4.98 Å². The minimum atomic E-state index is 0.389.